The molecule has 7 rings (SSSR count). The lowest BCUT2D eigenvalue weighted by Gasteiger charge is -2.57. The molecule has 11 atom stereocenters. The van der Waals surface area contributed by atoms with Crippen LogP contribution in [-0.2, 0) is 23.3 Å². The maximum atomic E-state index is 13.7. The smallest absolute Gasteiger partial charge is 0.236 e. The van der Waals surface area contributed by atoms with Crippen LogP contribution in [0.25, 0.3) is 0 Å². The Labute approximate surface area is 184 Å². The molecule has 3 saturated heterocycles. The van der Waals surface area contributed by atoms with Crippen LogP contribution in [0.4, 0.5) is 0 Å². The second-order valence-electron chi connectivity index (χ2n) is 12.6. The molecule has 0 radical (unpaired) electrons. The Morgan fingerprint density at radius 2 is 1.20 bits per heavy atom. The SMILES string of the molecule is CC1(C)[C@@H]2CC[C@]13C(S(=O)(=O)Cl)[C@]14CC[C@@H]([C@@H]5C[C@H](O[C@H]6C[C@H]2[C@H]3O6)O[C@H]51)C4(C)C. The Bertz CT molecular complexity index is 874. The Balaban J connectivity index is 1.55. The summed E-state index contributed by atoms with van der Waals surface area (Å²) in [5.74, 6) is 1.63. The summed E-state index contributed by atoms with van der Waals surface area (Å²) in [6.45, 7) is 9.18. The Hall–Kier alpha value is 0.120. The van der Waals surface area contributed by atoms with E-state index in [0.29, 0.717) is 23.7 Å². The van der Waals surface area contributed by atoms with Gasteiger partial charge in [-0.15, -0.1) is 0 Å². The van der Waals surface area contributed by atoms with E-state index in [2.05, 4.69) is 27.7 Å². The summed E-state index contributed by atoms with van der Waals surface area (Å²) in [5, 5.41) is -0.639. The van der Waals surface area contributed by atoms with Gasteiger partial charge in [0.1, 0.15) is 0 Å². The van der Waals surface area contributed by atoms with Gasteiger partial charge in [0.25, 0.3) is 0 Å². The molecule has 3 aliphatic heterocycles. The Morgan fingerprint density at radius 3 is 1.60 bits per heavy atom. The number of hydrogen-bond donors (Lipinski definition) is 0. The van der Waals surface area contributed by atoms with E-state index in [1.165, 1.54) is 0 Å². The molecule has 1 unspecified atom stereocenters. The van der Waals surface area contributed by atoms with Crippen molar-refractivity contribution in [3.05, 3.63) is 0 Å². The molecular weight excluding hydrogens is 424 g/mol. The van der Waals surface area contributed by atoms with Crippen molar-refractivity contribution in [3.8, 4) is 0 Å². The van der Waals surface area contributed by atoms with Crippen molar-refractivity contribution in [2.45, 2.75) is 96.3 Å². The maximum absolute atomic E-state index is 13.7. The third-order valence-electron chi connectivity index (χ3n) is 11.9. The molecule has 7 fully saturated rings. The lowest BCUT2D eigenvalue weighted by atomic mass is 9.54. The third kappa shape index (κ3) is 1.77. The van der Waals surface area contributed by atoms with Crippen LogP contribution in [0.15, 0.2) is 0 Å². The minimum absolute atomic E-state index is 0.0875. The van der Waals surface area contributed by atoms with Gasteiger partial charge in [-0.25, -0.2) is 8.42 Å². The highest BCUT2D eigenvalue weighted by atomic mass is 35.7. The van der Waals surface area contributed by atoms with Gasteiger partial charge in [0.2, 0.25) is 9.05 Å². The first-order valence-electron chi connectivity index (χ1n) is 11.9. The molecular formula is C23H33ClO5S. The second kappa shape index (κ2) is 5.27. The third-order valence-corrected chi connectivity index (χ3v) is 13.8. The van der Waals surface area contributed by atoms with Gasteiger partial charge in [-0.3, -0.25) is 0 Å². The van der Waals surface area contributed by atoms with Crippen molar-refractivity contribution in [2.75, 3.05) is 0 Å². The molecule has 7 heteroatoms. The predicted octanol–water partition coefficient (Wildman–Crippen LogP) is 4.29. The zero-order chi connectivity index (χ0) is 21.1. The number of hydrogen-bond acceptors (Lipinski definition) is 5. The van der Waals surface area contributed by atoms with Gasteiger partial charge in [-0.2, -0.15) is 0 Å². The standard InChI is InChI=1S/C23H33ClO5S/c1-20(2)13-5-7-22(20)17-11(13)9-15(28-17)27-16-10-12-14-6-8-23(18(12)29-16,21(14,3)4)19(22)30(24,25)26/h11-19H,5-10H2,1-4H3/t11-,12+,13-,14+,15-,16-,17-,18-,19?,22+,23+/m1/s1. The van der Waals surface area contributed by atoms with Gasteiger partial charge in [-0.1, -0.05) is 27.7 Å². The molecule has 4 saturated carbocycles. The van der Waals surface area contributed by atoms with Crippen LogP contribution < -0.4 is 0 Å². The van der Waals surface area contributed by atoms with Gasteiger partial charge in [0, 0.05) is 34.4 Å². The van der Waals surface area contributed by atoms with Crippen molar-refractivity contribution >= 4 is 19.7 Å². The summed E-state index contributed by atoms with van der Waals surface area (Å²) in [6.07, 6.45) is 4.84. The molecule has 168 valence electrons. The lowest BCUT2D eigenvalue weighted by molar-refractivity contribution is -0.271. The van der Waals surface area contributed by atoms with Gasteiger partial charge in [0.15, 0.2) is 12.6 Å². The first-order valence-corrected chi connectivity index (χ1v) is 14.2. The average molecular weight is 457 g/mol. The fraction of sp³-hybridized carbons (Fsp3) is 1.00. The highest BCUT2D eigenvalue weighted by Crippen LogP contribution is 2.82. The van der Waals surface area contributed by atoms with Gasteiger partial charge in [-0.05, 0) is 60.2 Å². The largest absolute Gasteiger partial charge is 0.348 e. The monoisotopic (exact) mass is 456 g/mol. The topological polar surface area (TPSA) is 61.8 Å². The van der Waals surface area contributed by atoms with Crippen molar-refractivity contribution in [3.63, 3.8) is 0 Å². The molecule has 2 spiro atoms. The summed E-state index contributed by atoms with van der Waals surface area (Å²) in [7, 11) is 2.68. The van der Waals surface area contributed by atoms with Crippen LogP contribution in [0.5, 0.6) is 0 Å². The van der Waals surface area contributed by atoms with E-state index < -0.39 is 25.1 Å². The van der Waals surface area contributed by atoms with E-state index >= 15 is 0 Å². The van der Waals surface area contributed by atoms with Gasteiger partial charge in [0.05, 0.1) is 17.5 Å². The van der Waals surface area contributed by atoms with Crippen molar-refractivity contribution in [2.24, 2.45) is 45.3 Å². The zero-order valence-corrected chi connectivity index (χ0v) is 19.8. The van der Waals surface area contributed by atoms with Gasteiger partial charge >= 0.3 is 0 Å². The average Bonchev–Trinajstić information content (AvgIpc) is 3.38. The van der Waals surface area contributed by atoms with Crippen molar-refractivity contribution in [1.29, 1.82) is 0 Å². The van der Waals surface area contributed by atoms with Crippen molar-refractivity contribution in [1.82, 2.24) is 0 Å². The molecule has 0 aromatic carbocycles. The fourth-order valence-corrected chi connectivity index (χ4v) is 14.1. The molecule has 7 aliphatic rings. The molecule has 3 heterocycles. The predicted molar refractivity (Wildman–Crippen MR) is 111 cm³/mol. The van der Waals surface area contributed by atoms with E-state index in [1.54, 1.807) is 0 Å². The Morgan fingerprint density at radius 1 is 0.767 bits per heavy atom. The first-order chi connectivity index (χ1) is 14.0. The molecule has 4 aliphatic carbocycles. The van der Waals surface area contributed by atoms with Crippen LogP contribution >= 0.6 is 10.7 Å². The minimum Gasteiger partial charge on any atom is -0.348 e. The Kier molecular flexibility index (Phi) is 3.44. The fourth-order valence-electron chi connectivity index (χ4n) is 11.0. The minimum atomic E-state index is -3.87. The second-order valence-corrected chi connectivity index (χ2v) is 15.3. The summed E-state index contributed by atoms with van der Waals surface area (Å²) in [6, 6.07) is 0. The molecule has 0 N–H and O–H groups in total. The maximum Gasteiger partial charge on any atom is 0.236 e. The number of rotatable bonds is 1. The molecule has 30 heavy (non-hydrogen) atoms. The first kappa shape index (κ1) is 19.6. The van der Waals surface area contributed by atoms with Crippen LogP contribution in [0, 0.1) is 45.3 Å². The molecule has 0 amide bonds. The van der Waals surface area contributed by atoms with Crippen LogP contribution in [-0.4, -0.2) is 38.5 Å². The van der Waals surface area contributed by atoms with E-state index in [0.717, 1.165) is 38.5 Å². The normalized spacial score (nSPS) is 61.0. The lowest BCUT2D eigenvalue weighted by Crippen LogP contribution is -2.64. The molecule has 0 aromatic rings. The van der Waals surface area contributed by atoms with Crippen LogP contribution in [0.3, 0.4) is 0 Å². The number of fused-ring (bicyclic) bond motifs is 6. The van der Waals surface area contributed by atoms with Crippen LogP contribution in [0.2, 0.25) is 0 Å². The van der Waals surface area contributed by atoms with E-state index in [1.807, 2.05) is 0 Å². The number of halogens is 1. The summed E-state index contributed by atoms with van der Waals surface area (Å²) in [5.41, 5.74) is -1.25. The zero-order valence-electron chi connectivity index (χ0n) is 18.3. The quantitative estimate of drug-likeness (QED) is 0.551. The summed E-state index contributed by atoms with van der Waals surface area (Å²) < 4.78 is 47.1. The molecule has 8 bridgehead atoms. The van der Waals surface area contributed by atoms with E-state index in [-0.39, 0.29) is 35.6 Å². The van der Waals surface area contributed by atoms with E-state index in [9.17, 15) is 8.42 Å². The highest BCUT2D eigenvalue weighted by molar-refractivity contribution is 8.14. The summed E-state index contributed by atoms with van der Waals surface area (Å²) in [4.78, 5) is 0. The highest BCUT2D eigenvalue weighted by Gasteiger charge is 2.84. The molecule has 5 nitrogen and oxygen atoms in total. The molecule has 0 aromatic heterocycles. The van der Waals surface area contributed by atoms with Crippen LogP contribution in [0.1, 0.15) is 66.2 Å². The van der Waals surface area contributed by atoms with E-state index in [4.69, 9.17) is 24.9 Å². The van der Waals surface area contributed by atoms with Crippen molar-refractivity contribution < 1.29 is 22.6 Å². The summed E-state index contributed by atoms with van der Waals surface area (Å²) >= 11 is 0. The number of ether oxygens (including phenoxy) is 3. The van der Waals surface area contributed by atoms with Gasteiger partial charge < -0.3 is 14.2 Å².